The minimum Gasteiger partial charge on any atom is -0.311 e. The van der Waals surface area contributed by atoms with Crippen LogP contribution in [-0.2, 0) is 0 Å². The lowest BCUT2D eigenvalue weighted by Gasteiger charge is -2.26. The summed E-state index contributed by atoms with van der Waals surface area (Å²) in [7, 11) is 0. The number of rotatable bonds is 7. The van der Waals surface area contributed by atoms with Gasteiger partial charge in [0.1, 0.15) is 0 Å². The molecule has 0 bridgehead atoms. The predicted octanol–water partition coefficient (Wildman–Crippen LogP) is 5.29. The van der Waals surface area contributed by atoms with E-state index in [1.807, 2.05) is 0 Å². The van der Waals surface area contributed by atoms with E-state index >= 15 is 0 Å². The number of aryl methyl sites for hydroxylation is 1. The second-order valence-corrected chi connectivity index (χ2v) is 7.56. The standard InChI is InChI=1S/C19H33N/c1-15(2)8-7-9-18(14-20-19(4,5)6)17-12-10-16(3)11-13-17/h10-13,15,18,20H,7-9,14H2,1-6H3. The molecule has 1 aromatic rings. The molecular weight excluding hydrogens is 242 g/mol. The van der Waals surface area contributed by atoms with Crippen LogP contribution in [0.25, 0.3) is 0 Å². The molecule has 1 rings (SSSR count). The highest BCUT2D eigenvalue weighted by molar-refractivity contribution is 5.24. The molecule has 1 aromatic carbocycles. The SMILES string of the molecule is Cc1ccc(C(CCCC(C)C)CNC(C)(C)C)cc1. The van der Waals surface area contributed by atoms with Crippen molar-refractivity contribution in [2.75, 3.05) is 6.54 Å². The van der Waals surface area contributed by atoms with Crippen LogP contribution in [0.3, 0.4) is 0 Å². The van der Waals surface area contributed by atoms with Gasteiger partial charge in [0.05, 0.1) is 0 Å². The Morgan fingerprint density at radius 2 is 1.60 bits per heavy atom. The Kier molecular flexibility index (Phi) is 6.75. The molecule has 1 nitrogen and oxygen atoms in total. The van der Waals surface area contributed by atoms with Crippen molar-refractivity contribution in [1.82, 2.24) is 5.32 Å². The lowest BCUT2D eigenvalue weighted by atomic mass is 9.90. The molecule has 1 atom stereocenters. The summed E-state index contributed by atoms with van der Waals surface area (Å²) in [4.78, 5) is 0. The van der Waals surface area contributed by atoms with Crippen molar-refractivity contribution >= 4 is 0 Å². The Morgan fingerprint density at radius 3 is 2.10 bits per heavy atom. The van der Waals surface area contributed by atoms with Crippen LogP contribution in [0.5, 0.6) is 0 Å². The van der Waals surface area contributed by atoms with Gasteiger partial charge < -0.3 is 5.32 Å². The van der Waals surface area contributed by atoms with E-state index < -0.39 is 0 Å². The fourth-order valence-electron chi connectivity index (χ4n) is 2.43. The quantitative estimate of drug-likeness (QED) is 0.712. The van der Waals surface area contributed by atoms with Crippen LogP contribution in [0.15, 0.2) is 24.3 Å². The van der Waals surface area contributed by atoms with Gasteiger partial charge >= 0.3 is 0 Å². The lowest BCUT2D eigenvalue weighted by Crippen LogP contribution is -2.38. The zero-order valence-electron chi connectivity index (χ0n) is 14.3. The molecule has 1 heteroatoms. The van der Waals surface area contributed by atoms with Gasteiger partial charge in [0, 0.05) is 12.1 Å². The second kappa shape index (κ2) is 7.83. The van der Waals surface area contributed by atoms with Gasteiger partial charge in [-0.15, -0.1) is 0 Å². The van der Waals surface area contributed by atoms with E-state index in [0.717, 1.165) is 12.5 Å². The van der Waals surface area contributed by atoms with Gasteiger partial charge in [0.2, 0.25) is 0 Å². The largest absolute Gasteiger partial charge is 0.311 e. The Balaban J connectivity index is 2.65. The highest BCUT2D eigenvalue weighted by Crippen LogP contribution is 2.24. The fraction of sp³-hybridized carbons (Fsp3) is 0.684. The van der Waals surface area contributed by atoms with Crippen LogP contribution in [-0.4, -0.2) is 12.1 Å². The Hall–Kier alpha value is -0.820. The van der Waals surface area contributed by atoms with E-state index in [0.29, 0.717) is 5.92 Å². The van der Waals surface area contributed by atoms with Crippen LogP contribution in [0, 0.1) is 12.8 Å². The first-order chi connectivity index (χ1) is 9.28. The highest BCUT2D eigenvalue weighted by atomic mass is 14.9. The van der Waals surface area contributed by atoms with Crippen molar-refractivity contribution in [3.05, 3.63) is 35.4 Å². The van der Waals surface area contributed by atoms with Crippen molar-refractivity contribution in [3.63, 3.8) is 0 Å². The Morgan fingerprint density at radius 1 is 1.00 bits per heavy atom. The summed E-state index contributed by atoms with van der Waals surface area (Å²) in [5.74, 6) is 1.44. The van der Waals surface area contributed by atoms with Crippen molar-refractivity contribution in [2.24, 2.45) is 5.92 Å². The summed E-state index contributed by atoms with van der Waals surface area (Å²) in [6, 6.07) is 9.09. The maximum atomic E-state index is 3.67. The minimum atomic E-state index is 0.195. The van der Waals surface area contributed by atoms with Gasteiger partial charge in [0.15, 0.2) is 0 Å². The van der Waals surface area contributed by atoms with Gasteiger partial charge in [-0.05, 0) is 51.5 Å². The summed E-state index contributed by atoms with van der Waals surface area (Å²) in [5, 5.41) is 3.67. The second-order valence-electron chi connectivity index (χ2n) is 7.56. The summed E-state index contributed by atoms with van der Waals surface area (Å²) >= 11 is 0. The van der Waals surface area contributed by atoms with E-state index in [-0.39, 0.29) is 5.54 Å². The molecule has 20 heavy (non-hydrogen) atoms. The monoisotopic (exact) mass is 275 g/mol. The van der Waals surface area contributed by atoms with Crippen LogP contribution in [0.1, 0.15) is 70.9 Å². The van der Waals surface area contributed by atoms with Crippen molar-refractivity contribution < 1.29 is 0 Å². The van der Waals surface area contributed by atoms with Gasteiger partial charge in [0.25, 0.3) is 0 Å². The average Bonchev–Trinajstić information content (AvgIpc) is 2.33. The normalized spacial score (nSPS) is 13.8. The molecule has 1 N–H and O–H groups in total. The van der Waals surface area contributed by atoms with Gasteiger partial charge in [-0.1, -0.05) is 56.5 Å². The zero-order chi connectivity index (χ0) is 15.2. The molecule has 0 aromatic heterocycles. The van der Waals surface area contributed by atoms with Gasteiger partial charge in [-0.2, -0.15) is 0 Å². The van der Waals surface area contributed by atoms with E-state index in [4.69, 9.17) is 0 Å². The summed E-state index contributed by atoms with van der Waals surface area (Å²) < 4.78 is 0. The van der Waals surface area contributed by atoms with E-state index in [9.17, 15) is 0 Å². The molecular formula is C19H33N. The van der Waals surface area contributed by atoms with Crippen LogP contribution in [0.4, 0.5) is 0 Å². The molecule has 0 radical (unpaired) electrons. The van der Waals surface area contributed by atoms with Crippen LogP contribution < -0.4 is 5.32 Å². The van der Waals surface area contributed by atoms with E-state index in [1.165, 1.54) is 30.4 Å². The molecule has 114 valence electrons. The van der Waals surface area contributed by atoms with Gasteiger partial charge in [-0.25, -0.2) is 0 Å². The summed E-state index contributed by atoms with van der Waals surface area (Å²) in [6.45, 7) is 14.6. The van der Waals surface area contributed by atoms with E-state index in [2.05, 4.69) is 71.1 Å². The number of benzene rings is 1. The van der Waals surface area contributed by atoms with Crippen molar-refractivity contribution in [2.45, 2.75) is 72.3 Å². The molecule has 0 spiro atoms. The third-order valence-electron chi connectivity index (χ3n) is 3.76. The fourth-order valence-corrected chi connectivity index (χ4v) is 2.43. The number of hydrogen-bond acceptors (Lipinski definition) is 1. The topological polar surface area (TPSA) is 12.0 Å². The number of nitrogens with one attached hydrogen (secondary N) is 1. The van der Waals surface area contributed by atoms with Crippen LogP contribution >= 0.6 is 0 Å². The van der Waals surface area contributed by atoms with Gasteiger partial charge in [-0.3, -0.25) is 0 Å². The third-order valence-corrected chi connectivity index (χ3v) is 3.76. The third kappa shape index (κ3) is 7.09. The molecule has 0 heterocycles. The number of hydrogen-bond donors (Lipinski definition) is 1. The van der Waals surface area contributed by atoms with Crippen molar-refractivity contribution in [3.8, 4) is 0 Å². The Bertz CT molecular complexity index is 370. The molecule has 0 aliphatic carbocycles. The Labute approximate surface area is 126 Å². The van der Waals surface area contributed by atoms with E-state index in [1.54, 1.807) is 0 Å². The minimum absolute atomic E-state index is 0.195. The van der Waals surface area contributed by atoms with Crippen LogP contribution in [0.2, 0.25) is 0 Å². The molecule has 0 saturated heterocycles. The predicted molar refractivity (Wildman–Crippen MR) is 90.4 cm³/mol. The molecule has 0 aliphatic rings. The summed E-state index contributed by atoms with van der Waals surface area (Å²) in [5.41, 5.74) is 3.02. The molecule has 0 amide bonds. The molecule has 0 fully saturated rings. The average molecular weight is 275 g/mol. The maximum Gasteiger partial charge on any atom is 0.00967 e. The highest BCUT2D eigenvalue weighted by Gasteiger charge is 2.16. The molecule has 0 aliphatic heterocycles. The summed E-state index contributed by atoms with van der Waals surface area (Å²) in [6.07, 6.45) is 3.93. The maximum absolute atomic E-state index is 3.67. The lowest BCUT2D eigenvalue weighted by molar-refractivity contribution is 0.390. The first-order valence-corrected chi connectivity index (χ1v) is 8.09. The first kappa shape index (κ1) is 17.2. The molecule has 0 saturated carbocycles. The zero-order valence-corrected chi connectivity index (χ0v) is 14.3. The first-order valence-electron chi connectivity index (χ1n) is 8.09. The molecule has 1 unspecified atom stereocenters. The smallest absolute Gasteiger partial charge is 0.00967 e. The van der Waals surface area contributed by atoms with Crippen molar-refractivity contribution in [1.29, 1.82) is 0 Å².